The maximum Gasteiger partial charge on any atom is 0.224 e. The molecule has 82 valence electrons. The molecule has 0 radical (unpaired) electrons. The highest BCUT2D eigenvalue weighted by molar-refractivity contribution is 5.79. The number of nitrogens with zero attached hydrogens (tertiary/aromatic N) is 4. The second-order valence-corrected chi connectivity index (χ2v) is 3.90. The number of amides is 1. The highest BCUT2D eigenvalue weighted by atomic mass is 16.2. The summed E-state index contributed by atoms with van der Waals surface area (Å²) in [6, 6.07) is 3.92. The largest absolute Gasteiger partial charge is 0.335 e. The van der Waals surface area contributed by atoms with Crippen molar-refractivity contribution in [1.82, 2.24) is 14.9 Å². The van der Waals surface area contributed by atoms with Gasteiger partial charge in [-0.25, -0.2) is 9.97 Å². The van der Waals surface area contributed by atoms with E-state index in [1.165, 1.54) is 0 Å². The number of rotatable bonds is 2. The third kappa shape index (κ3) is 2.16. The minimum absolute atomic E-state index is 0.0304. The van der Waals surface area contributed by atoms with E-state index < -0.39 is 0 Å². The van der Waals surface area contributed by atoms with Gasteiger partial charge in [0.05, 0.1) is 24.2 Å². The van der Waals surface area contributed by atoms with Crippen molar-refractivity contribution in [3.63, 3.8) is 0 Å². The van der Waals surface area contributed by atoms with Crippen LogP contribution in [0.1, 0.15) is 17.9 Å². The molecule has 5 heteroatoms. The van der Waals surface area contributed by atoms with Crippen LogP contribution in [0.25, 0.3) is 0 Å². The molecule has 1 aromatic heterocycles. The summed E-state index contributed by atoms with van der Waals surface area (Å²) in [5.74, 6) is 0.555. The van der Waals surface area contributed by atoms with E-state index in [1.807, 2.05) is 6.92 Å². The van der Waals surface area contributed by atoms with Crippen molar-refractivity contribution in [2.75, 3.05) is 6.54 Å². The zero-order valence-corrected chi connectivity index (χ0v) is 9.05. The van der Waals surface area contributed by atoms with Crippen LogP contribution in [0.3, 0.4) is 0 Å². The number of hydrogen-bond acceptors (Lipinski definition) is 4. The molecule has 0 bridgehead atoms. The number of carbonyl (C=O) groups is 1. The van der Waals surface area contributed by atoms with Gasteiger partial charge in [-0.05, 0) is 13.0 Å². The lowest BCUT2D eigenvalue weighted by Gasteiger charge is -2.14. The van der Waals surface area contributed by atoms with Crippen molar-refractivity contribution in [3.05, 3.63) is 23.8 Å². The zero-order chi connectivity index (χ0) is 11.5. The molecule has 0 saturated carbocycles. The van der Waals surface area contributed by atoms with Gasteiger partial charge < -0.3 is 4.90 Å². The Morgan fingerprint density at radius 2 is 2.50 bits per heavy atom. The third-order valence-electron chi connectivity index (χ3n) is 2.58. The number of likely N-dealkylation sites (tertiary alicyclic amines) is 1. The Labute approximate surface area is 93.7 Å². The van der Waals surface area contributed by atoms with Gasteiger partial charge in [0.15, 0.2) is 0 Å². The van der Waals surface area contributed by atoms with Crippen molar-refractivity contribution in [3.8, 4) is 6.07 Å². The monoisotopic (exact) mass is 216 g/mol. The summed E-state index contributed by atoms with van der Waals surface area (Å²) in [6.07, 6.45) is 2.01. The minimum atomic E-state index is -0.171. The lowest BCUT2D eigenvalue weighted by atomic mass is 10.1. The topological polar surface area (TPSA) is 69.9 Å². The molecule has 1 aliphatic heterocycles. The third-order valence-corrected chi connectivity index (χ3v) is 2.58. The summed E-state index contributed by atoms with van der Waals surface area (Å²) in [7, 11) is 0. The lowest BCUT2D eigenvalue weighted by molar-refractivity contribution is -0.128. The smallest absolute Gasteiger partial charge is 0.224 e. The fraction of sp³-hybridized carbons (Fsp3) is 0.455. The van der Waals surface area contributed by atoms with Gasteiger partial charge in [-0.15, -0.1) is 0 Å². The van der Waals surface area contributed by atoms with Crippen LogP contribution in [-0.2, 0) is 11.3 Å². The maximum atomic E-state index is 11.6. The molecule has 5 nitrogen and oxygen atoms in total. The van der Waals surface area contributed by atoms with Crippen LogP contribution in [0.15, 0.2) is 12.3 Å². The summed E-state index contributed by atoms with van der Waals surface area (Å²) in [6.45, 7) is 2.80. The molecule has 1 fully saturated rings. The van der Waals surface area contributed by atoms with Crippen LogP contribution in [0.2, 0.25) is 0 Å². The Balaban J connectivity index is 2.06. The number of aromatic nitrogens is 2. The molecule has 0 aliphatic carbocycles. The summed E-state index contributed by atoms with van der Waals surface area (Å²) in [5.41, 5.74) is 0.819. The summed E-state index contributed by atoms with van der Waals surface area (Å²) >= 11 is 0. The molecule has 16 heavy (non-hydrogen) atoms. The Kier molecular flexibility index (Phi) is 2.82. The average Bonchev–Trinajstić information content (AvgIpc) is 2.60. The molecule has 1 saturated heterocycles. The number of nitriles is 1. The van der Waals surface area contributed by atoms with Gasteiger partial charge in [0.25, 0.3) is 0 Å². The molecule has 1 atom stereocenters. The van der Waals surface area contributed by atoms with Crippen molar-refractivity contribution < 1.29 is 4.79 Å². The molecular weight excluding hydrogens is 204 g/mol. The Hall–Kier alpha value is -1.96. The van der Waals surface area contributed by atoms with Crippen LogP contribution < -0.4 is 0 Å². The summed E-state index contributed by atoms with van der Waals surface area (Å²) in [5, 5.41) is 8.76. The molecule has 1 amide bonds. The first-order chi connectivity index (χ1) is 7.69. The van der Waals surface area contributed by atoms with E-state index in [-0.39, 0.29) is 11.8 Å². The quantitative estimate of drug-likeness (QED) is 0.728. The molecular formula is C11H12N4O. The normalized spacial score (nSPS) is 19.9. The molecule has 1 aliphatic rings. The lowest BCUT2D eigenvalue weighted by Crippen LogP contribution is -2.25. The van der Waals surface area contributed by atoms with E-state index in [0.717, 1.165) is 5.69 Å². The maximum absolute atomic E-state index is 11.6. The van der Waals surface area contributed by atoms with Gasteiger partial charge in [0, 0.05) is 19.2 Å². The molecule has 1 unspecified atom stereocenters. The highest BCUT2D eigenvalue weighted by Crippen LogP contribution is 2.18. The van der Waals surface area contributed by atoms with E-state index in [0.29, 0.717) is 25.3 Å². The SMILES string of the molecule is Cc1nccc(CN2CC(C#N)CC2=O)n1. The van der Waals surface area contributed by atoms with Crippen molar-refractivity contribution in [2.24, 2.45) is 5.92 Å². The van der Waals surface area contributed by atoms with E-state index in [1.54, 1.807) is 17.2 Å². The fourth-order valence-electron chi connectivity index (χ4n) is 1.80. The minimum Gasteiger partial charge on any atom is -0.335 e. The first-order valence-corrected chi connectivity index (χ1v) is 5.15. The predicted octanol–water partition coefficient (Wildman–Crippen LogP) is 0.657. The molecule has 1 aromatic rings. The first kappa shape index (κ1) is 10.6. The van der Waals surface area contributed by atoms with Gasteiger partial charge >= 0.3 is 0 Å². The second kappa shape index (κ2) is 4.27. The zero-order valence-electron chi connectivity index (χ0n) is 9.05. The second-order valence-electron chi connectivity index (χ2n) is 3.90. The summed E-state index contributed by atoms with van der Waals surface area (Å²) < 4.78 is 0. The molecule has 0 spiro atoms. The van der Waals surface area contributed by atoms with Gasteiger partial charge in [-0.2, -0.15) is 5.26 Å². The number of carbonyl (C=O) groups excluding carboxylic acids is 1. The van der Waals surface area contributed by atoms with Gasteiger partial charge in [-0.1, -0.05) is 0 Å². The fourth-order valence-corrected chi connectivity index (χ4v) is 1.80. The number of aryl methyl sites for hydroxylation is 1. The van der Waals surface area contributed by atoms with Crippen LogP contribution in [0.5, 0.6) is 0 Å². The average molecular weight is 216 g/mol. The van der Waals surface area contributed by atoms with Crippen LogP contribution in [-0.4, -0.2) is 27.3 Å². The van der Waals surface area contributed by atoms with Crippen molar-refractivity contribution in [1.29, 1.82) is 5.26 Å². The molecule has 0 aromatic carbocycles. The van der Waals surface area contributed by atoms with Crippen molar-refractivity contribution >= 4 is 5.91 Å². The van der Waals surface area contributed by atoms with Crippen molar-refractivity contribution in [2.45, 2.75) is 19.9 Å². The molecule has 2 rings (SSSR count). The summed E-state index contributed by atoms with van der Waals surface area (Å²) in [4.78, 5) is 21.5. The van der Waals surface area contributed by atoms with Gasteiger partial charge in [0.2, 0.25) is 5.91 Å². The predicted molar refractivity (Wildman–Crippen MR) is 55.9 cm³/mol. The molecule has 0 N–H and O–H groups in total. The highest BCUT2D eigenvalue weighted by Gasteiger charge is 2.29. The Bertz CT molecular complexity index is 452. The van der Waals surface area contributed by atoms with Crippen LogP contribution in [0.4, 0.5) is 0 Å². The standard InChI is InChI=1S/C11H12N4O/c1-8-13-3-2-10(14-8)7-15-6-9(5-12)4-11(15)16/h2-3,9H,4,6-7H2,1H3. The van der Waals surface area contributed by atoms with Gasteiger partial charge in [0.1, 0.15) is 5.82 Å². The van der Waals surface area contributed by atoms with Crippen LogP contribution in [0, 0.1) is 24.2 Å². The first-order valence-electron chi connectivity index (χ1n) is 5.15. The number of hydrogen-bond donors (Lipinski definition) is 0. The van der Waals surface area contributed by atoms with E-state index in [2.05, 4.69) is 16.0 Å². The Morgan fingerprint density at radius 3 is 3.12 bits per heavy atom. The van der Waals surface area contributed by atoms with E-state index in [9.17, 15) is 4.79 Å². The Morgan fingerprint density at radius 1 is 1.69 bits per heavy atom. The van der Waals surface area contributed by atoms with E-state index in [4.69, 9.17) is 5.26 Å². The van der Waals surface area contributed by atoms with E-state index >= 15 is 0 Å². The van der Waals surface area contributed by atoms with Gasteiger partial charge in [-0.3, -0.25) is 4.79 Å². The van der Waals surface area contributed by atoms with Crippen LogP contribution >= 0.6 is 0 Å². The molecule has 2 heterocycles.